The summed E-state index contributed by atoms with van der Waals surface area (Å²) in [5.74, 6) is -0.240. The number of carboxylic acids is 1. The number of amides is 2. The van der Waals surface area contributed by atoms with E-state index < -0.39 is 11.4 Å². The van der Waals surface area contributed by atoms with Gasteiger partial charge in [0.15, 0.2) is 0 Å². The molecule has 2 rings (SSSR count). The Balaban J connectivity index is 1.79. The Morgan fingerprint density at radius 3 is 2.33 bits per heavy atom. The summed E-state index contributed by atoms with van der Waals surface area (Å²) in [4.78, 5) is 22.9. The van der Waals surface area contributed by atoms with E-state index in [4.69, 9.17) is 5.11 Å². The average Bonchev–Trinajstić information content (AvgIpc) is 2.96. The number of carboxylic acid groups (broad SMARTS) is 1. The molecule has 5 heteroatoms. The van der Waals surface area contributed by atoms with Crippen molar-refractivity contribution in [1.82, 2.24) is 10.6 Å². The van der Waals surface area contributed by atoms with Crippen LogP contribution in [0.1, 0.15) is 46.0 Å². The van der Waals surface area contributed by atoms with Gasteiger partial charge in [-0.3, -0.25) is 4.79 Å². The molecule has 0 unspecified atom stereocenters. The van der Waals surface area contributed by atoms with Gasteiger partial charge in [0.25, 0.3) is 0 Å². The minimum absolute atomic E-state index is 0.194. The van der Waals surface area contributed by atoms with E-state index in [1.165, 1.54) is 0 Å². The molecule has 2 aliphatic carbocycles. The smallest absolute Gasteiger partial charge is 0.315 e. The summed E-state index contributed by atoms with van der Waals surface area (Å²) in [6.45, 7) is 4.26. The van der Waals surface area contributed by atoms with Crippen LogP contribution >= 0.6 is 0 Å². The van der Waals surface area contributed by atoms with Gasteiger partial charge in [0, 0.05) is 12.1 Å². The predicted molar refractivity (Wildman–Crippen MR) is 67.3 cm³/mol. The fourth-order valence-corrected chi connectivity index (χ4v) is 2.56. The molecule has 3 N–H and O–H groups in total. The number of carbonyl (C=O) groups excluding carboxylic acids is 1. The molecule has 2 fully saturated rings. The van der Waals surface area contributed by atoms with Gasteiger partial charge >= 0.3 is 12.0 Å². The minimum atomic E-state index is -0.796. The summed E-state index contributed by atoms with van der Waals surface area (Å²) >= 11 is 0. The van der Waals surface area contributed by atoms with Crippen molar-refractivity contribution in [2.24, 2.45) is 11.3 Å². The molecule has 18 heavy (non-hydrogen) atoms. The van der Waals surface area contributed by atoms with Gasteiger partial charge < -0.3 is 15.7 Å². The summed E-state index contributed by atoms with van der Waals surface area (Å²) in [6.07, 6.45) is 4.57. The summed E-state index contributed by atoms with van der Waals surface area (Å²) in [5, 5.41) is 14.8. The molecule has 0 saturated heterocycles. The summed E-state index contributed by atoms with van der Waals surface area (Å²) in [5.41, 5.74) is -0.916. The van der Waals surface area contributed by atoms with Crippen LogP contribution in [0.15, 0.2) is 0 Å². The largest absolute Gasteiger partial charge is 0.481 e. The number of carbonyl (C=O) groups is 2. The van der Waals surface area contributed by atoms with E-state index in [1.807, 2.05) is 13.8 Å². The standard InChI is InChI=1S/C13H22N2O3/c1-12(2,9-4-5-9)15-11(18)14-8-13(10(16)17)6-3-7-13/h9H,3-8H2,1-2H3,(H,16,17)(H2,14,15,18). The zero-order valence-corrected chi connectivity index (χ0v) is 11.1. The van der Waals surface area contributed by atoms with E-state index in [0.717, 1.165) is 19.3 Å². The third-order valence-corrected chi connectivity index (χ3v) is 4.39. The monoisotopic (exact) mass is 254 g/mol. The second kappa shape index (κ2) is 4.44. The number of rotatable bonds is 5. The van der Waals surface area contributed by atoms with Crippen LogP contribution in [-0.2, 0) is 4.79 Å². The van der Waals surface area contributed by atoms with E-state index >= 15 is 0 Å². The number of aliphatic carboxylic acids is 1. The van der Waals surface area contributed by atoms with Crippen molar-refractivity contribution in [2.75, 3.05) is 6.54 Å². The third kappa shape index (κ3) is 2.60. The first-order chi connectivity index (χ1) is 8.36. The molecule has 0 heterocycles. The molecule has 2 amide bonds. The van der Waals surface area contributed by atoms with Crippen molar-refractivity contribution < 1.29 is 14.7 Å². The molecule has 0 aromatic carbocycles. The Labute approximate surface area is 107 Å². The molecule has 0 bridgehead atoms. The van der Waals surface area contributed by atoms with Gasteiger partial charge in [0.1, 0.15) is 0 Å². The Kier molecular flexibility index (Phi) is 3.25. The maximum atomic E-state index is 11.8. The lowest BCUT2D eigenvalue weighted by atomic mass is 9.69. The lowest BCUT2D eigenvalue weighted by molar-refractivity contribution is -0.153. The van der Waals surface area contributed by atoms with Gasteiger partial charge in [-0.15, -0.1) is 0 Å². The van der Waals surface area contributed by atoms with Crippen molar-refractivity contribution in [3.8, 4) is 0 Å². The number of urea groups is 1. The molecule has 2 saturated carbocycles. The summed E-state index contributed by atoms with van der Waals surface area (Å²) in [6, 6.07) is -0.251. The van der Waals surface area contributed by atoms with Crippen molar-refractivity contribution in [3.05, 3.63) is 0 Å². The number of nitrogens with one attached hydrogen (secondary N) is 2. The molecule has 2 aliphatic rings. The highest BCUT2D eigenvalue weighted by Crippen LogP contribution is 2.41. The van der Waals surface area contributed by atoms with Crippen molar-refractivity contribution in [2.45, 2.75) is 51.5 Å². The van der Waals surface area contributed by atoms with Crippen molar-refractivity contribution >= 4 is 12.0 Å². The second-order valence-electron chi connectivity index (χ2n) is 6.24. The van der Waals surface area contributed by atoms with Crippen LogP contribution in [0.2, 0.25) is 0 Å². The van der Waals surface area contributed by atoms with E-state index in [0.29, 0.717) is 18.8 Å². The Hall–Kier alpha value is -1.26. The van der Waals surface area contributed by atoms with Crippen LogP contribution in [0.25, 0.3) is 0 Å². The average molecular weight is 254 g/mol. The van der Waals surface area contributed by atoms with Crippen molar-refractivity contribution in [1.29, 1.82) is 0 Å². The van der Waals surface area contributed by atoms with E-state index in [1.54, 1.807) is 0 Å². The van der Waals surface area contributed by atoms with Gasteiger partial charge in [-0.25, -0.2) is 4.79 Å². The Morgan fingerprint density at radius 1 is 1.33 bits per heavy atom. The highest BCUT2D eigenvalue weighted by Gasteiger charge is 2.45. The summed E-state index contributed by atoms with van der Waals surface area (Å²) in [7, 11) is 0. The molecule has 0 atom stereocenters. The normalized spacial score (nSPS) is 21.9. The minimum Gasteiger partial charge on any atom is -0.481 e. The third-order valence-electron chi connectivity index (χ3n) is 4.39. The lowest BCUT2D eigenvalue weighted by Gasteiger charge is -2.38. The molecule has 0 aliphatic heterocycles. The first kappa shape index (κ1) is 13.2. The van der Waals surface area contributed by atoms with E-state index in [2.05, 4.69) is 10.6 Å². The quantitative estimate of drug-likeness (QED) is 0.699. The highest BCUT2D eigenvalue weighted by molar-refractivity contribution is 5.79. The fourth-order valence-electron chi connectivity index (χ4n) is 2.56. The Morgan fingerprint density at radius 2 is 1.94 bits per heavy atom. The molecule has 0 aromatic rings. The fraction of sp³-hybridized carbons (Fsp3) is 0.846. The zero-order chi connectivity index (χ0) is 13.4. The van der Waals surface area contributed by atoms with Crippen LogP contribution in [0.3, 0.4) is 0 Å². The molecule has 0 aromatic heterocycles. The maximum absolute atomic E-state index is 11.8. The molecular weight excluding hydrogens is 232 g/mol. The first-order valence-corrected chi connectivity index (χ1v) is 6.65. The Bertz CT molecular complexity index is 357. The van der Waals surface area contributed by atoms with E-state index in [9.17, 15) is 9.59 Å². The topological polar surface area (TPSA) is 78.4 Å². The van der Waals surface area contributed by atoms with Gasteiger partial charge in [-0.2, -0.15) is 0 Å². The zero-order valence-electron chi connectivity index (χ0n) is 11.1. The van der Waals surface area contributed by atoms with Crippen LogP contribution in [-0.4, -0.2) is 29.2 Å². The molecular formula is C13H22N2O3. The molecule has 5 nitrogen and oxygen atoms in total. The van der Waals surface area contributed by atoms with Gasteiger partial charge in [-0.05, 0) is 45.4 Å². The van der Waals surface area contributed by atoms with Crippen LogP contribution < -0.4 is 10.6 Å². The molecule has 0 spiro atoms. The van der Waals surface area contributed by atoms with Gasteiger partial charge in [-0.1, -0.05) is 6.42 Å². The van der Waals surface area contributed by atoms with E-state index in [-0.39, 0.29) is 18.1 Å². The second-order valence-corrected chi connectivity index (χ2v) is 6.24. The molecule has 0 radical (unpaired) electrons. The van der Waals surface area contributed by atoms with Crippen LogP contribution in [0.5, 0.6) is 0 Å². The maximum Gasteiger partial charge on any atom is 0.315 e. The van der Waals surface area contributed by atoms with Crippen LogP contribution in [0, 0.1) is 11.3 Å². The summed E-state index contributed by atoms with van der Waals surface area (Å²) < 4.78 is 0. The molecule has 102 valence electrons. The number of hydrogen-bond acceptors (Lipinski definition) is 2. The predicted octanol–water partition coefficient (Wildman–Crippen LogP) is 1.73. The SMILES string of the molecule is CC(C)(NC(=O)NCC1(C(=O)O)CCC1)C1CC1. The number of hydrogen-bond donors (Lipinski definition) is 3. The van der Waals surface area contributed by atoms with Crippen LogP contribution in [0.4, 0.5) is 4.79 Å². The van der Waals surface area contributed by atoms with Gasteiger partial charge in [0.2, 0.25) is 0 Å². The highest BCUT2D eigenvalue weighted by atomic mass is 16.4. The lowest BCUT2D eigenvalue weighted by Crippen LogP contribution is -2.54. The van der Waals surface area contributed by atoms with Gasteiger partial charge in [0.05, 0.1) is 5.41 Å². The van der Waals surface area contributed by atoms with Crippen molar-refractivity contribution in [3.63, 3.8) is 0 Å². The first-order valence-electron chi connectivity index (χ1n) is 6.65.